The minimum atomic E-state index is -1.14. The first-order valence-corrected chi connectivity index (χ1v) is 13.0. The van der Waals surface area contributed by atoms with Crippen molar-refractivity contribution in [2.45, 2.75) is 67.6 Å². The minimum Gasteiger partial charge on any atom is -0.200 e. The van der Waals surface area contributed by atoms with Gasteiger partial charge in [0, 0.05) is 8.95 Å². The van der Waals surface area contributed by atoms with Crippen LogP contribution in [0.4, 0.5) is 0 Å². The molecule has 0 unspecified atom stereocenters. The highest BCUT2D eigenvalue weighted by atomic mass is 79.9. The Bertz CT molecular complexity index is 1040. The summed E-state index contributed by atoms with van der Waals surface area (Å²) < 4.78 is 2.49. The van der Waals surface area contributed by atoms with Gasteiger partial charge in [-0.3, -0.25) is 0 Å². The van der Waals surface area contributed by atoms with Gasteiger partial charge < -0.3 is 0 Å². The molecular weight excluding hydrogens is 507 g/mol. The Labute approximate surface area is 206 Å². The van der Waals surface area contributed by atoms with E-state index < -0.39 is 6.15 Å². The summed E-state index contributed by atoms with van der Waals surface area (Å²) in [5.74, 6) is 0. The summed E-state index contributed by atoms with van der Waals surface area (Å²) in [6.07, 6.45) is 2.39. The van der Waals surface area contributed by atoms with Crippen LogP contribution in [0.25, 0.3) is 0 Å². The Balaban J connectivity index is 2.58. The molecule has 0 saturated carbocycles. The van der Waals surface area contributed by atoms with Crippen molar-refractivity contribution in [1.82, 2.24) is 0 Å². The number of hydrogen-bond donors (Lipinski definition) is 0. The lowest BCUT2D eigenvalue weighted by atomic mass is 9.12. The third kappa shape index (κ3) is 4.21. The second-order valence-corrected chi connectivity index (χ2v) is 10.9. The molecule has 0 amide bonds. The minimum absolute atomic E-state index is 1.14. The largest absolute Gasteiger partial charge is 0.200 e. The highest BCUT2D eigenvalue weighted by Gasteiger charge is 2.35. The van der Waals surface area contributed by atoms with Crippen LogP contribution >= 0.6 is 31.9 Å². The predicted octanol–water partition coefficient (Wildman–Crippen LogP) is 7.33. The standard InChI is InChI=1S/C28H34BBr2/c1-8-9-15-29(24-13-11-10-12-14-24,25-18(2)16-20(4)27(30)22(25)6)26-19(3)17-21(5)28(31)23(26)7/h10-14,16-17H,8-9,15H2,1-7H3/q-1. The van der Waals surface area contributed by atoms with Gasteiger partial charge in [0.25, 0.3) is 0 Å². The molecule has 0 radical (unpaired) electrons. The Morgan fingerprint density at radius 3 is 1.55 bits per heavy atom. The quantitative estimate of drug-likeness (QED) is 0.287. The average molecular weight is 541 g/mol. The van der Waals surface area contributed by atoms with Crippen LogP contribution in [-0.4, -0.2) is 6.15 Å². The highest BCUT2D eigenvalue weighted by molar-refractivity contribution is 9.11. The topological polar surface area (TPSA) is 0 Å². The zero-order valence-corrected chi connectivity index (χ0v) is 23.2. The summed E-state index contributed by atoms with van der Waals surface area (Å²) in [4.78, 5) is 0. The number of aryl methyl sites for hydroxylation is 4. The molecule has 0 atom stereocenters. The van der Waals surface area contributed by atoms with Crippen molar-refractivity contribution in [2.75, 3.05) is 0 Å². The second-order valence-electron chi connectivity index (χ2n) is 9.32. The van der Waals surface area contributed by atoms with Crippen LogP contribution in [0.15, 0.2) is 51.4 Å². The van der Waals surface area contributed by atoms with Crippen LogP contribution in [0, 0.1) is 41.5 Å². The van der Waals surface area contributed by atoms with Crippen molar-refractivity contribution in [3.05, 3.63) is 84.8 Å². The summed E-state index contributed by atoms with van der Waals surface area (Å²) in [6.45, 7) is 15.9. The third-order valence-corrected chi connectivity index (χ3v) is 9.66. The van der Waals surface area contributed by atoms with E-state index in [4.69, 9.17) is 0 Å². The molecule has 0 spiro atoms. The molecule has 0 saturated heterocycles. The first-order valence-electron chi connectivity index (χ1n) is 11.4. The van der Waals surface area contributed by atoms with E-state index in [1.807, 2.05) is 0 Å². The van der Waals surface area contributed by atoms with Crippen molar-refractivity contribution in [3.8, 4) is 0 Å². The van der Waals surface area contributed by atoms with Crippen LogP contribution < -0.4 is 16.4 Å². The third-order valence-electron chi connectivity index (χ3n) is 7.22. The van der Waals surface area contributed by atoms with E-state index >= 15 is 0 Å². The van der Waals surface area contributed by atoms with E-state index in [0.717, 1.165) is 6.32 Å². The number of halogens is 2. The molecule has 164 valence electrons. The molecule has 31 heavy (non-hydrogen) atoms. The lowest BCUT2D eigenvalue weighted by molar-refractivity contribution is 0.873. The van der Waals surface area contributed by atoms with Gasteiger partial charge in [0.1, 0.15) is 0 Å². The first-order chi connectivity index (χ1) is 14.7. The fourth-order valence-electron chi connectivity index (χ4n) is 6.09. The van der Waals surface area contributed by atoms with Gasteiger partial charge in [-0.15, -0.1) is 0 Å². The number of unbranched alkanes of at least 4 members (excludes halogenated alkanes) is 1. The van der Waals surface area contributed by atoms with Crippen LogP contribution in [0.3, 0.4) is 0 Å². The van der Waals surface area contributed by atoms with E-state index in [0.29, 0.717) is 0 Å². The normalized spacial score (nSPS) is 11.8. The SMILES string of the molecule is CCCC[B-](c1ccccc1)(c1c(C)cc(C)c(Br)c1C)c1c(C)cc(C)c(Br)c1C. The molecule has 0 bridgehead atoms. The Kier molecular flexibility index (Phi) is 7.59. The molecule has 3 rings (SSSR count). The van der Waals surface area contributed by atoms with Gasteiger partial charge >= 0.3 is 0 Å². The van der Waals surface area contributed by atoms with Crippen LogP contribution in [0.2, 0.25) is 6.32 Å². The molecule has 0 aliphatic heterocycles. The van der Waals surface area contributed by atoms with Gasteiger partial charge in [-0.25, -0.2) is 0 Å². The number of hydrogen-bond acceptors (Lipinski definition) is 0. The maximum atomic E-state index is 3.93. The van der Waals surface area contributed by atoms with Gasteiger partial charge in [-0.2, -0.15) is 22.7 Å². The highest BCUT2D eigenvalue weighted by Crippen LogP contribution is 2.30. The lowest BCUT2D eigenvalue weighted by Gasteiger charge is -2.48. The van der Waals surface area contributed by atoms with Crippen molar-refractivity contribution in [3.63, 3.8) is 0 Å². The summed E-state index contributed by atoms with van der Waals surface area (Å²) in [6, 6.07) is 16.0. The molecule has 0 fully saturated rings. The van der Waals surface area contributed by atoms with Crippen LogP contribution in [0.1, 0.15) is 53.1 Å². The predicted molar refractivity (Wildman–Crippen MR) is 148 cm³/mol. The molecule has 0 nitrogen and oxygen atoms in total. The molecule has 3 aromatic carbocycles. The van der Waals surface area contributed by atoms with E-state index in [9.17, 15) is 0 Å². The van der Waals surface area contributed by atoms with Crippen LogP contribution in [0.5, 0.6) is 0 Å². The van der Waals surface area contributed by atoms with Gasteiger partial charge in [-0.05, 0) is 52.7 Å². The average Bonchev–Trinajstić information content (AvgIpc) is 2.74. The van der Waals surface area contributed by atoms with E-state index in [1.165, 1.54) is 71.6 Å². The van der Waals surface area contributed by atoms with Crippen molar-refractivity contribution < 1.29 is 0 Å². The number of rotatable bonds is 6. The molecule has 0 aliphatic carbocycles. The van der Waals surface area contributed by atoms with E-state index in [1.54, 1.807) is 0 Å². The smallest absolute Gasteiger partial charge is 0.0828 e. The zero-order valence-electron chi connectivity index (χ0n) is 20.0. The molecule has 0 aromatic heterocycles. The summed E-state index contributed by atoms with van der Waals surface area (Å²) in [5.41, 5.74) is 12.7. The van der Waals surface area contributed by atoms with Gasteiger partial charge in [0.15, 0.2) is 0 Å². The molecule has 0 aliphatic rings. The Morgan fingerprint density at radius 2 is 1.13 bits per heavy atom. The maximum Gasteiger partial charge on any atom is 0.0828 e. The van der Waals surface area contributed by atoms with Crippen molar-refractivity contribution in [2.24, 2.45) is 0 Å². The Morgan fingerprint density at radius 1 is 0.677 bits per heavy atom. The van der Waals surface area contributed by atoms with Gasteiger partial charge in [0.2, 0.25) is 0 Å². The monoisotopic (exact) mass is 539 g/mol. The zero-order chi connectivity index (χ0) is 22.9. The maximum absolute atomic E-state index is 3.93. The molecule has 3 heteroatoms. The summed E-state index contributed by atoms with van der Waals surface area (Å²) >= 11 is 7.87. The molecule has 3 aromatic rings. The summed E-state index contributed by atoms with van der Waals surface area (Å²) in [5, 5.41) is 0. The number of benzene rings is 3. The first kappa shape index (κ1) is 24.3. The Hall–Kier alpha value is -1.32. The molecule has 0 heterocycles. The molecular formula is C28H34BBr2-. The van der Waals surface area contributed by atoms with Gasteiger partial charge in [0.05, 0.1) is 6.15 Å². The molecule has 0 N–H and O–H groups in total. The van der Waals surface area contributed by atoms with Crippen molar-refractivity contribution in [1.29, 1.82) is 0 Å². The van der Waals surface area contributed by atoms with Crippen LogP contribution in [-0.2, 0) is 0 Å². The summed E-state index contributed by atoms with van der Waals surface area (Å²) in [7, 11) is 0. The lowest BCUT2D eigenvalue weighted by Crippen LogP contribution is -2.69. The fourth-order valence-corrected chi connectivity index (χ4v) is 6.75. The fraction of sp³-hybridized carbons (Fsp3) is 0.357. The van der Waals surface area contributed by atoms with Gasteiger partial charge in [-0.1, -0.05) is 116 Å². The van der Waals surface area contributed by atoms with E-state index in [2.05, 4.69) is 123 Å². The van der Waals surface area contributed by atoms with Crippen molar-refractivity contribution >= 4 is 54.4 Å². The van der Waals surface area contributed by atoms with E-state index in [-0.39, 0.29) is 0 Å². The second kappa shape index (κ2) is 9.67.